The number of carbonyl (C=O) groups is 2. The predicted octanol–water partition coefficient (Wildman–Crippen LogP) is 4.48. The summed E-state index contributed by atoms with van der Waals surface area (Å²) in [5.74, 6) is 0.962. The molecule has 0 radical (unpaired) electrons. The van der Waals surface area contributed by atoms with Gasteiger partial charge in [0.2, 0.25) is 0 Å². The van der Waals surface area contributed by atoms with Gasteiger partial charge in [0.25, 0.3) is 5.91 Å². The van der Waals surface area contributed by atoms with E-state index in [-0.39, 0.29) is 12.5 Å². The van der Waals surface area contributed by atoms with Crippen LogP contribution in [-0.2, 0) is 16.9 Å². The second-order valence-electron chi connectivity index (χ2n) is 8.22. The quantitative estimate of drug-likeness (QED) is 0.622. The van der Waals surface area contributed by atoms with Crippen LogP contribution in [0.25, 0.3) is 11.1 Å². The second kappa shape index (κ2) is 8.04. The first-order valence-electron chi connectivity index (χ1n) is 10.7. The van der Waals surface area contributed by atoms with Crippen molar-refractivity contribution in [3.8, 4) is 22.6 Å². The molecule has 3 aromatic rings. The number of benzene rings is 3. The Morgan fingerprint density at radius 1 is 0.875 bits per heavy atom. The molecule has 2 aliphatic rings. The number of amides is 3. The van der Waals surface area contributed by atoms with Gasteiger partial charge in [0.15, 0.2) is 11.5 Å². The molecule has 1 unspecified atom stereocenters. The van der Waals surface area contributed by atoms with Crippen molar-refractivity contribution in [1.29, 1.82) is 0 Å². The molecule has 0 saturated carbocycles. The number of imide groups is 1. The van der Waals surface area contributed by atoms with E-state index in [9.17, 15) is 9.59 Å². The standard InChI is InChI=1S/C26H24N2O4/c1-26(21-12-13-22-23(16-21)32-15-5-14-31-22)24(29)28(25(30)27-26)17-18-8-10-20(11-9-18)19-6-3-2-4-7-19/h2-4,6-13,16H,5,14-15,17H2,1H3,(H,27,30). The SMILES string of the molecule is CC1(c2ccc3c(c2)OCCCO3)NC(=O)N(Cc2ccc(-c3ccccc3)cc2)C1=O. The molecule has 0 bridgehead atoms. The fourth-order valence-electron chi connectivity index (χ4n) is 4.13. The lowest BCUT2D eigenvalue weighted by molar-refractivity contribution is -0.131. The van der Waals surface area contributed by atoms with Crippen LogP contribution in [0.5, 0.6) is 11.5 Å². The number of ether oxygens (including phenoxy) is 2. The number of hydrogen-bond acceptors (Lipinski definition) is 4. The van der Waals surface area contributed by atoms with Crippen LogP contribution in [0.4, 0.5) is 4.79 Å². The lowest BCUT2D eigenvalue weighted by Crippen LogP contribution is -2.40. The van der Waals surface area contributed by atoms with Crippen LogP contribution in [0.15, 0.2) is 72.8 Å². The van der Waals surface area contributed by atoms with E-state index in [1.54, 1.807) is 19.1 Å². The van der Waals surface area contributed by atoms with E-state index in [1.807, 2.05) is 60.7 Å². The Labute approximate surface area is 186 Å². The molecule has 2 aliphatic heterocycles. The van der Waals surface area contributed by atoms with Crippen LogP contribution in [0.2, 0.25) is 0 Å². The molecule has 2 heterocycles. The van der Waals surface area contributed by atoms with E-state index >= 15 is 0 Å². The van der Waals surface area contributed by atoms with Crippen LogP contribution >= 0.6 is 0 Å². The van der Waals surface area contributed by atoms with Gasteiger partial charge in [-0.15, -0.1) is 0 Å². The maximum atomic E-state index is 13.3. The molecule has 6 heteroatoms. The van der Waals surface area contributed by atoms with Gasteiger partial charge in [0.1, 0.15) is 5.54 Å². The van der Waals surface area contributed by atoms with E-state index in [1.165, 1.54) is 4.90 Å². The average molecular weight is 428 g/mol. The minimum Gasteiger partial charge on any atom is -0.490 e. The lowest BCUT2D eigenvalue weighted by atomic mass is 9.91. The Morgan fingerprint density at radius 2 is 1.56 bits per heavy atom. The molecular weight excluding hydrogens is 404 g/mol. The van der Waals surface area contributed by atoms with Crippen molar-refractivity contribution in [3.63, 3.8) is 0 Å². The first-order chi connectivity index (χ1) is 15.5. The Morgan fingerprint density at radius 3 is 2.31 bits per heavy atom. The summed E-state index contributed by atoms with van der Waals surface area (Å²) in [6.45, 7) is 3.08. The largest absolute Gasteiger partial charge is 0.490 e. The van der Waals surface area contributed by atoms with Crippen molar-refractivity contribution in [2.75, 3.05) is 13.2 Å². The van der Waals surface area contributed by atoms with E-state index < -0.39 is 11.6 Å². The highest BCUT2D eigenvalue weighted by atomic mass is 16.5. The predicted molar refractivity (Wildman–Crippen MR) is 120 cm³/mol. The molecule has 32 heavy (non-hydrogen) atoms. The van der Waals surface area contributed by atoms with Gasteiger partial charge in [0, 0.05) is 6.42 Å². The molecule has 162 valence electrons. The van der Waals surface area contributed by atoms with Crippen LogP contribution in [0.3, 0.4) is 0 Å². The van der Waals surface area contributed by atoms with Gasteiger partial charge in [-0.25, -0.2) is 4.79 Å². The summed E-state index contributed by atoms with van der Waals surface area (Å²) in [4.78, 5) is 27.4. The summed E-state index contributed by atoms with van der Waals surface area (Å²) in [6.07, 6.45) is 0.799. The highest BCUT2D eigenvalue weighted by Gasteiger charge is 2.49. The molecule has 5 rings (SSSR count). The van der Waals surface area contributed by atoms with Crippen molar-refractivity contribution in [2.45, 2.75) is 25.4 Å². The van der Waals surface area contributed by atoms with Gasteiger partial charge in [-0.05, 0) is 41.3 Å². The molecule has 3 aromatic carbocycles. The van der Waals surface area contributed by atoms with Crippen molar-refractivity contribution in [1.82, 2.24) is 10.2 Å². The molecule has 1 saturated heterocycles. The third-order valence-electron chi connectivity index (χ3n) is 6.00. The van der Waals surface area contributed by atoms with E-state index in [0.29, 0.717) is 30.3 Å². The number of urea groups is 1. The fourth-order valence-corrected chi connectivity index (χ4v) is 4.13. The number of fused-ring (bicyclic) bond motifs is 1. The maximum Gasteiger partial charge on any atom is 0.325 e. The highest BCUT2D eigenvalue weighted by molar-refractivity contribution is 6.07. The third-order valence-corrected chi connectivity index (χ3v) is 6.00. The van der Waals surface area contributed by atoms with Gasteiger partial charge in [-0.3, -0.25) is 9.69 Å². The zero-order valence-electron chi connectivity index (χ0n) is 17.8. The topological polar surface area (TPSA) is 67.9 Å². The average Bonchev–Trinajstić information content (AvgIpc) is 2.98. The summed E-state index contributed by atoms with van der Waals surface area (Å²) in [5.41, 5.74) is 2.60. The molecule has 3 amide bonds. The lowest BCUT2D eigenvalue weighted by Gasteiger charge is -2.23. The van der Waals surface area contributed by atoms with Crippen LogP contribution in [-0.4, -0.2) is 30.1 Å². The monoisotopic (exact) mass is 428 g/mol. The number of rotatable bonds is 4. The smallest absolute Gasteiger partial charge is 0.325 e. The number of carbonyl (C=O) groups excluding carboxylic acids is 2. The fraction of sp³-hybridized carbons (Fsp3) is 0.231. The number of nitrogens with zero attached hydrogens (tertiary/aromatic N) is 1. The van der Waals surface area contributed by atoms with Crippen LogP contribution in [0, 0.1) is 0 Å². The molecule has 1 atom stereocenters. The maximum absolute atomic E-state index is 13.3. The Bertz CT molecular complexity index is 1160. The molecular formula is C26H24N2O4. The Kier molecular flexibility index (Phi) is 5.05. The summed E-state index contributed by atoms with van der Waals surface area (Å²) in [5, 5.41) is 2.87. The van der Waals surface area contributed by atoms with Gasteiger partial charge in [0.05, 0.1) is 19.8 Å². The molecule has 1 N–H and O–H groups in total. The van der Waals surface area contributed by atoms with Crippen molar-refractivity contribution in [3.05, 3.63) is 83.9 Å². The molecule has 0 aromatic heterocycles. The van der Waals surface area contributed by atoms with Gasteiger partial charge >= 0.3 is 6.03 Å². The van der Waals surface area contributed by atoms with Crippen LogP contribution in [0.1, 0.15) is 24.5 Å². The zero-order chi connectivity index (χ0) is 22.1. The first kappa shape index (κ1) is 20.1. The Hall–Kier alpha value is -3.80. The first-order valence-corrected chi connectivity index (χ1v) is 10.7. The summed E-state index contributed by atoms with van der Waals surface area (Å²) < 4.78 is 11.4. The number of hydrogen-bond donors (Lipinski definition) is 1. The molecule has 6 nitrogen and oxygen atoms in total. The van der Waals surface area contributed by atoms with Gasteiger partial charge in [-0.2, -0.15) is 0 Å². The summed E-state index contributed by atoms with van der Waals surface area (Å²) in [7, 11) is 0. The van der Waals surface area contributed by atoms with Crippen molar-refractivity contribution < 1.29 is 19.1 Å². The van der Waals surface area contributed by atoms with Crippen molar-refractivity contribution >= 4 is 11.9 Å². The molecule has 1 fully saturated rings. The minimum absolute atomic E-state index is 0.208. The van der Waals surface area contributed by atoms with Gasteiger partial charge < -0.3 is 14.8 Å². The number of nitrogens with one attached hydrogen (secondary N) is 1. The second-order valence-corrected chi connectivity index (χ2v) is 8.22. The van der Waals surface area contributed by atoms with E-state index in [0.717, 1.165) is 23.1 Å². The van der Waals surface area contributed by atoms with Gasteiger partial charge in [-0.1, -0.05) is 60.7 Å². The van der Waals surface area contributed by atoms with E-state index in [2.05, 4.69) is 5.32 Å². The zero-order valence-corrected chi connectivity index (χ0v) is 17.8. The summed E-state index contributed by atoms with van der Waals surface area (Å²) >= 11 is 0. The molecule has 0 aliphatic carbocycles. The highest BCUT2D eigenvalue weighted by Crippen LogP contribution is 2.37. The van der Waals surface area contributed by atoms with E-state index in [4.69, 9.17) is 9.47 Å². The normalized spacial score (nSPS) is 20.1. The minimum atomic E-state index is -1.16. The molecule has 0 spiro atoms. The Balaban J connectivity index is 1.36. The van der Waals surface area contributed by atoms with Crippen molar-refractivity contribution in [2.24, 2.45) is 0 Å². The third kappa shape index (κ3) is 3.58. The summed E-state index contributed by atoms with van der Waals surface area (Å²) in [6, 6.07) is 23.0. The van der Waals surface area contributed by atoms with Crippen LogP contribution < -0.4 is 14.8 Å².